The van der Waals surface area contributed by atoms with Crippen LogP contribution in [0.3, 0.4) is 0 Å². The molecule has 0 radical (unpaired) electrons. The van der Waals surface area contributed by atoms with Gasteiger partial charge < -0.3 is 9.47 Å². The zero-order valence-corrected chi connectivity index (χ0v) is 13.4. The Kier molecular flexibility index (Phi) is 4.92. The van der Waals surface area contributed by atoms with E-state index in [0.29, 0.717) is 11.5 Å². The van der Waals surface area contributed by atoms with Crippen LogP contribution in [0.4, 0.5) is 0 Å². The Balaban J connectivity index is 1.72. The molecule has 3 nitrogen and oxygen atoms in total. The van der Waals surface area contributed by atoms with E-state index >= 15 is 0 Å². The van der Waals surface area contributed by atoms with Crippen molar-refractivity contribution in [2.24, 2.45) is 0 Å². The number of esters is 1. The lowest BCUT2D eigenvalue weighted by Gasteiger charge is -2.13. The number of benzene rings is 3. The monoisotopic (exact) mass is 318 g/mol. The fourth-order valence-corrected chi connectivity index (χ4v) is 2.30. The molecule has 3 rings (SSSR count). The molecule has 3 heteroatoms. The standard InChI is InChI=1S/C21H18O3/c1-16(21(22)24-19-12-6-3-7-13-19)17-9-8-14-20(15-17)23-18-10-4-2-5-11-18/h2-16H,1H3/t16-/m1/s1. The lowest BCUT2D eigenvalue weighted by atomic mass is 10.0. The summed E-state index contributed by atoms with van der Waals surface area (Å²) in [5, 5.41) is 0. The number of ether oxygens (including phenoxy) is 2. The molecule has 0 heterocycles. The molecule has 0 fully saturated rings. The number of carbonyl (C=O) groups is 1. The molecule has 0 aliphatic carbocycles. The topological polar surface area (TPSA) is 35.5 Å². The highest BCUT2D eigenvalue weighted by Gasteiger charge is 2.18. The van der Waals surface area contributed by atoms with Gasteiger partial charge >= 0.3 is 5.97 Å². The molecule has 0 aromatic heterocycles. The van der Waals surface area contributed by atoms with E-state index in [9.17, 15) is 4.79 Å². The highest BCUT2D eigenvalue weighted by atomic mass is 16.5. The van der Waals surface area contributed by atoms with Crippen LogP contribution in [-0.4, -0.2) is 5.97 Å². The molecule has 1 atom stereocenters. The third-order valence-corrected chi connectivity index (χ3v) is 3.65. The van der Waals surface area contributed by atoms with Crippen LogP contribution in [0.5, 0.6) is 17.2 Å². The lowest BCUT2D eigenvalue weighted by Crippen LogP contribution is -2.16. The fourth-order valence-electron chi connectivity index (χ4n) is 2.30. The van der Waals surface area contributed by atoms with Crippen LogP contribution in [0.1, 0.15) is 18.4 Å². The van der Waals surface area contributed by atoms with Crippen molar-refractivity contribution in [2.75, 3.05) is 0 Å². The summed E-state index contributed by atoms with van der Waals surface area (Å²) in [5.74, 6) is 1.32. The molecule has 0 amide bonds. The summed E-state index contributed by atoms with van der Waals surface area (Å²) in [4.78, 5) is 12.3. The first-order valence-corrected chi connectivity index (χ1v) is 7.82. The summed E-state index contributed by atoms with van der Waals surface area (Å²) >= 11 is 0. The number of carbonyl (C=O) groups excluding carboxylic acids is 1. The number of para-hydroxylation sites is 2. The first-order valence-electron chi connectivity index (χ1n) is 7.82. The predicted octanol–water partition coefficient (Wildman–Crippen LogP) is 5.19. The van der Waals surface area contributed by atoms with E-state index in [1.165, 1.54) is 0 Å². The van der Waals surface area contributed by atoms with E-state index < -0.39 is 0 Å². The number of hydrogen-bond acceptors (Lipinski definition) is 3. The third-order valence-electron chi connectivity index (χ3n) is 3.65. The molecule has 0 N–H and O–H groups in total. The largest absolute Gasteiger partial charge is 0.457 e. The maximum Gasteiger partial charge on any atom is 0.318 e. The molecule has 24 heavy (non-hydrogen) atoms. The van der Waals surface area contributed by atoms with Gasteiger partial charge in [-0.3, -0.25) is 4.79 Å². The third kappa shape index (κ3) is 4.02. The van der Waals surface area contributed by atoms with Crippen molar-refractivity contribution in [2.45, 2.75) is 12.8 Å². The quantitative estimate of drug-likeness (QED) is 0.480. The van der Waals surface area contributed by atoms with Crippen LogP contribution in [0.2, 0.25) is 0 Å². The summed E-state index contributed by atoms with van der Waals surface area (Å²) in [6, 6.07) is 26.1. The van der Waals surface area contributed by atoms with Crippen molar-refractivity contribution >= 4 is 5.97 Å². The summed E-state index contributed by atoms with van der Waals surface area (Å²) in [5.41, 5.74) is 0.851. The van der Waals surface area contributed by atoms with Gasteiger partial charge in [-0.25, -0.2) is 0 Å². The minimum absolute atomic E-state index is 0.293. The van der Waals surface area contributed by atoms with Crippen molar-refractivity contribution in [1.82, 2.24) is 0 Å². The van der Waals surface area contributed by atoms with E-state index in [4.69, 9.17) is 9.47 Å². The van der Waals surface area contributed by atoms with E-state index in [1.54, 1.807) is 12.1 Å². The smallest absolute Gasteiger partial charge is 0.318 e. The molecular formula is C21H18O3. The Morgan fingerprint density at radius 2 is 1.33 bits per heavy atom. The molecule has 0 spiro atoms. The van der Waals surface area contributed by atoms with Gasteiger partial charge in [0.25, 0.3) is 0 Å². The fraction of sp³-hybridized carbons (Fsp3) is 0.0952. The molecule has 0 saturated carbocycles. The zero-order valence-electron chi connectivity index (χ0n) is 13.4. The summed E-state index contributed by atoms with van der Waals surface area (Å²) in [6.45, 7) is 1.83. The minimum Gasteiger partial charge on any atom is -0.457 e. The second-order valence-electron chi connectivity index (χ2n) is 5.44. The van der Waals surface area contributed by atoms with Crippen LogP contribution >= 0.6 is 0 Å². The zero-order chi connectivity index (χ0) is 16.8. The molecule has 0 saturated heterocycles. The van der Waals surface area contributed by atoms with E-state index in [1.807, 2.05) is 79.7 Å². The molecular weight excluding hydrogens is 300 g/mol. The molecule has 0 aliphatic heterocycles. The summed E-state index contributed by atoms with van der Waals surface area (Å²) in [6.07, 6.45) is 0. The van der Waals surface area contributed by atoms with Crippen molar-refractivity contribution in [3.63, 3.8) is 0 Å². The molecule has 3 aromatic carbocycles. The highest BCUT2D eigenvalue weighted by Crippen LogP contribution is 2.26. The molecule has 0 aliphatic rings. The van der Waals surface area contributed by atoms with Crippen LogP contribution in [0.15, 0.2) is 84.9 Å². The second kappa shape index (κ2) is 7.47. The van der Waals surface area contributed by atoms with Crippen molar-refractivity contribution in [1.29, 1.82) is 0 Å². The van der Waals surface area contributed by atoms with Crippen LogP contribution < -0.4 is 9.47 Å². The molecule has 0 unspecified atom stereocenters. The van der Waals surface area contributed by atoms with Crippen molar-refractivity contribution in [3.8, 4) is 17.2 Å². The maximum atomic E-state index is 12.3. The van der Waals surface area contributed by atoms with E-state index in [0.717, 1.165) is 11.3 Å². The Bertz CT molecular complexity index is 798. The second-order valence-corrected chi connectivity index (χ2v) is 5.44. The summed E-state index contributed by atoms with van der Waals surface area (Å²) in [7, 11) is 0. The average Bonchev–Trinajstić information content (AvgIpc) is 2.63. The minimum atomic E-state index is -0.385. The summed E-state index contributed by atoms with van der Waals surface area (Å²) < 4.78 is 11.2. The Hall–Kier alpha value is -3.07. The van der Waals surface area contributed by atoms with Crippen LogP contribution in [0.25, 0.3) is 0 Å². The van der Waals surface area contributed by atoms with Gasteiger partial charge in [-0.2, -0.15) is 0 Å². The molecule has 3 aromatic rings. The maximum absolute atomic E-state index is 12.3. The van der Waals surface area contributed by atoms with Gasteiger partial charge in [0.2, 0.25) is 0 Å². The van der Waals surface area contributed by atoms with Gasteiger partial charge in [0.15, 0.2) is 0 Å². The van der Waals surface area contributed by atoms with Gasteiger partial charge in [0.05, 0.1) is 5.92 Å². The average molecular weight is 318 g/mol. The van der Waals surface area contributed by atoms with Crippen molar-refractivity contribution < 1.29 is 14.3 Å². The van der Waals surface area contributed by atoms with Gasteiger partial charge in [0, 0.05) is 0 Å². The van der Waals surface area contributed by atoms with E-state index in [2.05, 4.69) is 0 Å². The van der Waals surface area contributed by atoms with Gasteiger partial charge in [0.1, 0.15) is 17.2 Å². The molecule has 120 valence electrons. The van der Waals surface area contributed by atoms with Gasteiger partial charge in [-0.15, -0.1) is 0 Å². The van der Waals surface area contributed by atoms with Gasteiger partial charge in [-0.1, -0.05) is 48.5 Å². The lowest BCUT2D eigenvalue weighted by molar-refractivity contribution is -0.135. The van der Waals surface area contributed by atoms with Crippen molar-refractivity contribution in [3.05, 3.63) is 90.5 Å². The normalized spacial score (nSPS) is 11.5. The molecule has 0 bridgehead atoms. The number of hydrogen-bond donors (Lipinski definition) is 0. The SMILES string of the molecule is C[C@@H](C(=O)Oc1ccccc1)c1cccc(Oc2ccccc2)c1. The predicted molar refractivity (Wildman–Crippen MR) is 93.5 cm³/mol. The van der Waals surface area contributed by atoms with Crippen LogP contribution in [-0.2, 0) is 4.79 Å². The van der Waals surface area contributed by atoms with Gasteiger partial charge in [-0.05, 0) is 48.9 Å². The Morgan fingerprint density at radius 3 is 2.00 bits per heavy atom. The number of rotatable bonds is 5. The Morgan fingerprint density at radius 1 is 0.750 bits per heavy atom. The highest BCUT2D eigenvalue weighted by molar-refractivity contribution is 5.80. The Labute approximate surface area is 141 Å². The first-order chi connectivity index (χ1) is 11.7. The van der Waals surface area contributed by atoms with Crippen LogP contribution in [0, 0.1) is 0 Å². The first kappa shape index (κ1) is 15.8. The van der Waals surface area contributed by atoms with E-state index in [-0.39, 0.29) is 11.9 Å².